The Labute approximate surface area is 162 Å². The fourth-order valence-corrected chi connectivity index (χ4v) is 4.24. The second kappa shape index (κ2) is 8.57. The Morgan fingerprint density at radius 3 is 2.26 bits per heavy atom. The van der Waals surface area contributed by atoms with Gasteiger partial charge in [-0.25, -0.2) is 8.42 Å². The van der Waals surface area contributed by atoms with Gasteiger partial charge in [-0.3, -0.25) is 9.10 Å². The van der Waals surface area contributed by atoms with E-state index in [0.717, 1.165) is 28.5 Å². The molecule has 0 aliphatic carbocycles. The fourth-order valence-electron chi connectivity index (χ4n) is 3.03. The van der Waals surface area contributed by atoms with Gasteiger partial charge < -0.3 is 5.32 Å². The molecule has 2 rings (SSSR count). The first-order valence-corrected chi connectivity index (χ1v) is 10.9. The van der Waals surface area contributed by atoms with Crippen LogP contribution in [0, 0.1) is 20.8 Å². The predicted molar refractivity (Wildman–Crippen MR) is 110 cm³/mol. The average Bonchev–Trinajstić information content (AvgIpc) is 2.60. The number of rotatable bonds is 7. The van der Waals surface area contributed by atoms with Crippen LogP contribution in [0.5, 0.6) is 0 Å². The second-order valence-electron chi connectivity index (χ2n) is 6.90. The number of benzene rings is 2. The Balaban J connectivity index is 2.30. The van der Waals surface area contributed by atoms with Crippen LogP contribution >= 0.6 is 0 Å². The number of carbonyl (C=O) groups is 1. The molecule has 146 valence electrons. The van der Waals surface area contributed by atoms with Gasteiger partial charge in [-0.2, -0.15) is 0 Å². The molecule has 0 heterocycles. The second-order valence-corrected chi connectivity index (χ2v) is 8.76. The Hall–Kier alpha value is -2.34. The van der Waals surface area contributed by atoms with Gasteiger partial charge in [0.05, 0.1) is 11.9 Å². The van der Waals surface area contributed by atoms with E-state index in [1.807, 2.05) is 64.1 Å². The molecule has 1 atom stereocenters. The highest BCUT2D eigenvalue weighted by Gasteiger charge is 2.31. The standard InChI is InChI=1S/C21H28N2O3S/c1-6-20(21(24)22-14-18-10-8-7-9-16(18)3)23(27(5,25)26)19-12-11-15(2)17(4)13-19/h7-13,20H,6,14H2,1-5H3,(H,22,24)/t20-/m1/s1. The van der Waals surface area contributed by atoms with Crippen molar-refractivity contribution in [3.63, 3.8) is 0 Å². The maximum atomic E-state index is 12.9. The molecule has 0 unspecified atom stereocenters. The number of amides is 1. The van der Waals surface area contributed by atoms with Gasteiger partial charge in [0.15, 0.2) is 0 Å². The third kappa shape index (κ3) is 5.10. The number of hydrogen-bond donors (Lipinski definition) is 1. The first-order chi connectivity index (χ1) is 12.6. The molecule has 27 heavy (non-hydrogen) atoms. The number of nitrogens with zero attached hydrogens (tertiary/aromatic N) is 1. The van der Waals surface area contributed by atoms with Crippen LogP contribution in [0.25, 0.3) is 0 Å². The first-order valence-electron chi connectivity index (χ1n) is 9.04. The number of sulfonamides is 1. The highest BCUT2D eigenvalue weighted by Crippen LogP contribution is 2.25. The summed E-state index contributed by atoms with van der Waals surface area (Å²) in [6.45, 7) is 8.06. The number of nitrogens with one attached hydrogen (secondary N) is 1. The van der Waals surface area contributed by atoms with Gasteiger partial charge in [-0.05, 0) is 61.6 Å². The highest BCUT2D eigenvalue weighted by molar-refractivity contribution is 7.92. The molecule has 2 aromatic carbocycles. The number of hydrogen-bond acceptors (Lipinski definition) is 3. The van der Waals surface area contributed by atoms with Crippen molar-refractivity contribution in [1.82, 2.24) is 5.32 Å². The van der Waals surface area contributed by atoms with E-state index < -0.39 is 16.1 Å². The zero-order valence-corrected chi connectivity index (χ0v) is 17.4. The fraction of sp³-hybridized carbons (Fsp3) is 0.381. The van der Waals surface area contributed by atoms with E-state index in [-0.39, 0.29) is 5.91 Å². The molecule has 0 saturated heterocycles. The lowest BCUT2D eigenvalue weighted by Gasteiger charge is -2.30. The maximum absolute atomic E-state index is 12.9. The first kappa shape index (κ1) is 21.0. The van der Waals surface area contributed by atoms with Gasteiger partial charge in [0, 0.05) is 6.54 Å². The minimum absolute atomic E-state index is 0.301. The van der Waals surface area contributed by atoms with E-state index in [9.17, 15) is 13.2 Å². The summed E-state index contributed by atoms with van der Waals surface area (Å²) in [5.74, 6) is -0.301. The predicted octanol–water partition coefficient (Wildman–Crippen LogP) is 3.47. The number of anilines is 1. The molecule has 1 amide bonds. The zero-order valence-electron chi connectivity index (χ0n) is 16.6. The van der Waals surface area contributed by atoms with Crippen molar-refractivity contribution in [3.05, 3.63) is 64.7 Å². The van der Waals surface area contributed by atoms with Crippen LogP contribution in [-0.2, 0) is 21.4 Å². The molecule has 0 aromatic heterocycles. The summed E-state index contributed by atoms with van der Waals surface area (Å²) in [6, 6.07) is 12.4. The minimum atomic E-state index is -3.62. The van der Waals surface area contributed by atoms with Crippen molar-refractivity contribution >= 4 is 21.6 Å². The van der Waals surface area contributed by atoms with E-state index in [4.69, 9.17) is 0 Å². The van der Waals surface area contributed by atoms with Crippen LogP contribution in [0.1, 0.15) is 35.6 Å². The Kier molecular flexibility index (Phi) is 6.65. The van der Waals surface area contributed by atoms with Crippen molar-refractivity contribution in [1.29, 1.82) is 0 Å². The molecule has 0 aliphatic heterocycles. The summed E-state index contributed by atoms with van der Waals surface area (Å²) in [7, 11) is -3.62. The Morgan fingerprint density at radius 1 is 1.04 bits per heavy atom. The van der Waals surface area contributed by atoms with E-state index in [0.29, 0.717) is 18.7 Å². The Bertz CT molecular complexity index is 923. The van der Waals surface area contributed by atoms with E-state index in [1.54, 1.807) is 6.07 Å². The van der Waals surface area contributed by atoms with Crippen LogP contribution in [-0.4, -0.2) is 26.6 Å². The third-order valence-electron chi connectivity index (χ3n) is 4.79. The largest absolute Gasteiger partial charge is 0.350 e. The van der Waals surface area contributed by atoms with E-state index in [2.05, 4.69) is 5.32 Å². The average molecular weight is 389 g/mol. The number of aryl methyl sites for hydroxylation is 3. The lowest BCUT2D eigenvalue weighted by Crippen LogP contribution is -2.49. The zero-order chi connectivity index (χ0) is 20.2. The summed E-state index contributed by atoms with van der Waals surface area (Å²) in [4.78, 5) is 12.9. The van der Waals surface area contributed by atoms with Gasteiger partial charge in [-0.1, -0.05) is 37.3 Å². The van der Waals surface area contributed by atoms with E-state index >= 15 is 0 Å². The van der Waals surface area contributed by atoms with E-state index in [1.165, 1.54) is 4.31 Å². The molecular formula is C21H28N2O3S. The van der Waals surface area contributed by atoms with Gasteiger partial charge in [-0.15, -0.1) is 0 Å². The highest BCUT2D eigenvalue weighted by atomic mass is 32.2. The van der Waals surface area contributed by atoms with Gasteiger partial charge >= 0.3 is 0 Å². The summed E-state index contributed by atoms with van der Waals surface area (Å²) in [5.41, 5.74) is 4.66. The molecule has 5 nitrogen and oxygen atoms in total. The van der Waals surface area contributed by atoms with Crippen molar-refractivity contribution < 1.29 is 13.2 Å². The maximum Gasteiger partial charge on any atom is 0.244 e. The summed E-state index contributed by atoms with van der Waals surface area (Å²) < 4.78 is 26.2. The van der Waals surface area contributed by atoms with Gasteiger partial charge in [0.1, 0.15) is 6.04 Å². The minimum Gasteiger partial charge on any atom is -0.350 e. The molecular weight excluding hydrogens is 360 g/mol. The molecule has 0 spiro atoms. The van der Waals surface area contributed by atoms with Crippen LogP contribution in [0.2, 0.25) is 0 Å². The van der Waals surface area contributed by atoms with Crippen LogP contribution in [0.3, 0.4) is 0 Å². The monoisotopic (exact) mass is 388 g/mol. The van der Waals surface area contributed by atoms with Gasteiger partial charge in [0.2, 0.25) is 15.9 Å². The molecule has 0 aliphatic rings. The number of carbonyl (C=O) groups excluding carboxylic acids is 1. The van der Waals surface area contributed by atoms with Crippen LogP contribution in [0.15, 0.2) is 42.5 Å². The van der Waals surface area contributed by atoms with Crippen molar-refractivity contribution in [3.8, 4) is 0 Å². The third-order valence-corrected chi connectivity index (χ3v) is 5.97. The quantitative estimate of drug-likeness (QED) is 0.790. The molecule has 0 saturated carbocycles. The molecule has 1 N–H and O–H groups in total. The Morgan fingerprint density at radius 2 is 1.70 bits per heavy atom. The topological polar surface area (TPSA) is 66.5 Å². The molecule has 6 heteroatoms. The molecule has 0 radical (unpaired) electrons. The molecule has 2 aromatic rings. The van der Waals surface area contributed by atoms with Crippen LogP contribution in [0.4, 0.5) is 5.69 Å². The van der Waals surface area contributed by atoms with Crippen LogP contribution < -0.4 is 9.62 Å². The lowest BCUT2D eigenvalue weighted by atomic mass is 10.1. The summed E-state index contributed by atoms with van der Waals surface area (Å²) in [5, 5.41) is 2.89. The smallest absolute Gasteiger partial charge is 0.244 e. The normalized spacial score (nSPS) is 12.5. The molecule has 0 fully saturated rings. The van der Waals surface area contributed by atoms with Gasteiger partial charge in [0.25, 0.3) is 0 Å². The van der Waals surface area contributed by atoms with Crippen molar-refractivity contribution in [2.45, 2.75) is 46.7 Å². The molecule has 0 bridgehead atoms. The van der Waals surface area contributed by atoms with Crippen molar-refractivity contribution in [2.24, 2.45) is 0 Å². The summed E-state index contributed by atoms with van der Waals surface area (Å²) in [6.07, 6.45) is 1.51. The van der Waals surface area contributed by atoms with Crippen molar-refractivity contribution in [2.75, 3.05) is 10.6 Å². The lowest BCUT2D eigenvalue weighted by molar-refractivity contribution is -0.122. The SMILES string of the molecule is CC[C@H](C(=O)NCc1ccccc1C)N(c1ccc(C)c(C)c1)S(C)(=O)=O. The summed E-state index contributed by atoms with van der Waals surface area (Å²) >= 11 is 0.